The number of pyridine rings is 1. The predicted molar refractivity (Wildman–Crippen MR) is 105 cm³/mol. The van der Waals surface area contributed by atoms with Crippen LogP contribution >= 0.6 is 27.3 Å². The van der Waals surface area contributed by atoms with Crippen molar-refractivity contribution >= 4 is 54.2 Å². The van der Waals surface area contributed by atoms with E-state index in [1.165, 1.54) is 21.8 Å². The van der Waals surface area contributed by atoms with Gasteiger partial charge in [-0.25, -0.2) is 18.4 Å². The highest BCUT2D eigenvalue weighted by atomic mass is 79.9. The van der Waals surface area contributed by atoms with E-state index in [9.17, 15) is 13.2 Å². The zero-order chi connectivity index (χ0) is 19.2. The Kier molecular flexibility index (Phi) is 4.78. The molecule has 0 aliphatic carbocycles. The summed E-state index contributed by atoms with van der Waals surface area (Å²) < 4.78 is 28.5. The van der Waals surface area contributed by atoms with Gasteiger partial charge >= 0.3 is 0 Å². The second-order valence-corrected chi connectivity index (χ2v) is 10.2. The number of nitrogens with zero attached hydrogens (tertiary/aromatic N) is 4. The van der Waals surface area contributed by atoms with E-state index in [1.807, 2.05) is 0 Å². The molecule has 1 aliphatic heterocycles. The molecule has 1 saturated heterocycles. The summed E-state index contributed by atoms with van der Waals surface area (Å²) in [6, 6.07) is 3.09. The number of amides is 1. The van der Waals surface area contributed by atoms with Crippen molar-refractivity contribution in [3.05, 3.63) is 39.5 Å². The Hall–Kier alpha value is -1.82. The molecule has 0 aromatic carbocycles. The fourth-order valence-corrected chi connectivity index (χ4v) is 6.02. The highest BCUT2D eigenvalue weighted by Crippen LogP contribution is 2.27. The largest absolute Gasteiger partial charge is 0.345 e. The quantitative estimate of drug-likeness (QED) is 0.634. The average molecular weight is 470 g/mol. The predicted octanol–water partition coefficient (Wildman–Crippen LogP) is 2.32. The van der Waals surface area contributed by atoms with Crippen LogP contribution in [0.1, 0.15) is 17.4 Å². The van der Waals surface area contributed by atoms with Crippen molar-refractivity contribution in [1.82, 2.24) is 24.2 Å². The van der Waals surface area contributed by atoms with Crippen LogP contribution in [0.15, 0.2) is 38.7 Å². The van der Waals surface area contributed by atoms with Gasteiger partial charge in [-0.05, 0) is 35.0 Å². The summed E-state index contributed by atoms with van der Waals surface area (Å²) >= 11 is 4.60. The molecule has 142 valence electrons. The maximum atomic E-state index is 13.2. The minimum atomic E-state index is -3.70. The molecular formula is C16H16BrN5O3S2. The SMILES string of the molecule is C[C@@H]1CN(C(=O)c2csc(Br)n2)CCN1S(=O)(=O)c1c[nH]c2ncccc12. The molecule has 1 N–H and O–H groups in total. The van der Waals surface area contributed by atoms with Crippen LogP contribution in [-0.4, -0.2) is 64.2 Å². The summed E-state index contributed by atoms with van der Waals surface area (Å²) in [5.41, 5.74) is 0.907. The summed E-state index contributed by atoms with van der Waals surface area (Å²) in [4.78, 5) is 25.7. The van der Waals surface area contributed by atoms with Crippen molar-refractivity contribution in [2.45, 2.75) is 17.9 Å². The number of halogens is 1. The molecule has 0 radical (unpaired) electrons. The third-order valence-electron chi connectivity index (χ3n) is 4.55. The number of carbonyl (C=O) groups is 1. The number of carbonyl (C=O) groups excluding carboxylic acids is 1. The normalized spacial score (nSPS) is 18.9. The molecule has 0 spiro atoms. The monoisotopic (exact) mass is 469 g/mol. The van der Waals surface area contributed by atoms with Gasteiger partial charge in [-0.3, -0.25) is 4.79 Å². The van der Waals surface area contributed by atoms with E-state index < -0.39 is 10.0 Å². The van der Waals surface area contributed by atoms with Crippen LogP contribution in [0.5, 0.6) is 0 Å². The number of aromatic nitrogens is 3. The first kappa shape index (κ1) is 18.5. The zero-order valence-corrected chi connectivity index (χ0v) is 17.5. The molecular weight excluding hydrogens is 454 g/mol. The third-order valence-corrected chi connectivity index (χ3v) is 7.97. The van der Waals surface area contributed by atoms with Crippen LogP contribution in [0.4, 0.5) is 0 Å². The molecule has 0 bridgehead atoms. The van der Waals surface area contributed by atoms with E-state index in [4.69, 9.17) is 0 Å². The lowest BCUT2D eigenvalue weighted by Crippen LogP contribution is -2.55. The highest BCUT2D eigenvalue weighted by Gasteiger charge is 2.37. The lowest BCUT2D eigenvalue weighted by molar-refractivity contribution is 0.0637. The van der Waals surface area contributed by atoms with Crippen molar-refractivity contribution in [3.8, 4) is 0 Å². The van der Waals surface area contributed by atoms with Crippen LogP contribution in [0, 0.1) is 0 Å². The number of H-pyrrole nitrogens is 1. The second kappa shape index (κ2) is 6.97. The van der Waals surface area contributed by atoms with Gasteiger partial charge in [-0.2, -0.15) is 4.31 Å². The Bertz CT molecular complexity index is 1110. The number of piperazine rings is 1. The standard InChI is InChI=1S/C16H16BrN5O3S2/c1-10-8-21(15(23)12-9-26-16(17)20-12)5-6-22(10)27(24,25)13-7-19-14-11(13)3-2-4-18-14/h2-4,7,9-10H,5-6,8H2,1H3,(H,18,19)/t10-/m1/s1. The molecule has 11 heteroatoms. The number of hydrogen-bond acceptors (Lipinski definition) is 6. The fourth-order valence-electron chi connectivity index (χ4n) is 3.27. The minimum Gasteiger partial charge on any atom is -0.345 e. The molecule has 1 atom stereocenters. The van der Waals surface area contributed by atoms with Crippen LogP contribution in [-0.2, 0) is 10.0 Å². The number of aromatic amines is 1. The number of sulfonamides is 1. The van der Waals surface area contributed by atoms with Gasteiger partial charge in [0.25, 0.3) is 5.91 Å². The Morgan fingerprint density at radius 3 is 2.93 bits per heavy atom. The van der Waals surface area contributed by atoms with Gasteiger partial charge in [0.2, 0.25) is 10.0 Å². The first-order valence-electron chi connectivity index (χ1n) is 8.22. The summed E-state index contributed by atoms with van der Waals surface area (Å²) in [6.07, 6.45) is 3.09. The van der Waals surface area contributed by atoms with Crippen LogP contribution < -0.4 is 0 Å². The number of thiazole rings is 1. The summed E-state index contributed by atoms with van der Waals surface area (Å²) in [5.74, 6) is -0.183. The van der Waals surface area contributed by atoms with Gasteiger partial charge < -0.3 is 9.88 Å². The van der Waals surface area contributed by atoms with Gasteiger partial charge in [0.1, 0.15) is 16.2 Å². The molecule has 4 rings (SSSR count). The smallest absolute Gasteiger partial charge is 0.273 e. The van der Waals surface area contributed by atoms with Crippen LogP contribution in [0.2, 0.25) is 0 Å². The first-order valence-corrected chi connectivity index (χ1v) is 11.3. The fraction of sp³-hybridized carbons (Fsp3) is 0.312. The van der Waals surface area contributed by atoms with Crippen molar-refractivity contribution in [3.63, 3.8) is 0 Å². The minimum absolute atomic E-state index is 0.183. The summed E-state index contributed by atoms with van der Waals surface area (Å²) in [5, 5.41) is 2.26. The van der Waals surface area contributed by atoms with E-state index in [0.29, 0.717) is 33.7 Å². The number of fused-ring (bicyclic) bond motifs is 1. The number of nitrogens with one attached hydrogen (secondary N) is 1. The molecule has 1 fully saturated rings. The molecule has 3 aromatic heterocycles. The second-order valence-electron chi connectivity index (χ2n) is 6.25. The van der Waals surface area contributed by atoms with Crippen molar-refractivity contribution in [1.29, 1.82) is 0 Å². The number of hydrogen-bond donors (Lipinski definition) is 1. The lowest BCUT2D eigenvalue weighted by Gasteiger charge is -2.38. The highest BCUT2D eigenvalue weighted by molar-refractivity contribution is 9.11. The molecule has 27 heavy (non-hydrogen) atoms. The molecule has 8 nitrogen and oxygen atoms in total. The molecule has 1 aliphatic rings. The van der Waals surface area contributed by atoms with E-state index >= 15 is 0 Å². The van der Waals surface area contributed by atoms with Crippen molar-refractivity contribution in [2.75, 3.05) is 19.6 Å². The summed E-state index contributed by atoms with van der Waals surface area (Å²) in [6.45, 7) is 2.67. The Morgan fingerprint density at radius 2 is 2.22 bits per heavy atom. The van der Waals surface area contributed by atoms with Gasteiger partial charge in [-0.15, -0.1) is 11.3 Å². The Balaban J connectivity index is 1.57. The molecule has 4 heterocycles. The molecule has 0 saturated carbocycles. The van der Waals surface area contributed by atoms with Crippen LogP contribution in [0.25, 0.3) is 11.0 Å². The van der Waals surface area contributed by atoms with Crippen LogP contribution in [0.3, 0.4) is 0 Å². The maximum Gasteiger partial charge on any atom is 0.273 e. The van der Waals surface area contributed by atoms with Gasteiger partial charge in [-0.1, -0.05) is 0 Å². The van der Waals surface area contributed by atoms with E-state index in [1.54, 1.807) is 35.5 Å². The van der Waals surface area contributed by atoms with Gasteiger partial charge in [0.05, 0.1) is 0 Å². The van der Waals surface area contributed by atoms with Crippen molar-refractivity contribution < 1.29 is 13.2 Å². The zero-order valence-electron chi connectivity index (χ0n) is 14.3. The topological polar surface area (TPSA) is 99.3 Å². The third kappa shape index (κ3) is 3.28. The lowest BCUT2D eigenvalue weighted by atomic mass is 10.2. The Labute approximate surface area is 168 Å². The van der Waals surface area contributed by atoms with E-state index in [-0.39, 0.29) is 23.4 Å². The molecule has 0 unspecified atom stereocenters. The van der Waals surface area contributed by atoms with Crippen molar-refractivity contribution in [2.24, 2.45) is 0 Å². The molecule has 1 amide bonds. The average Bonchev–Trinajstić information content (AvgIpc) is 3.27. The molecule has 3 aromatic rings. The Morgan fingerprint density at radius 1 is 1.41 bits per heavy atom. The van der Waals surface area contributed by atoms with E-state index in [0.717, 1.165) is 0 Å². The van der Waals surface area contributed by atoms with E-state index in [2.05, 4.69) is 30.9 Å². The summed E-state index contributed by atoms with van der Waals surface area (Å²) in [7, 11) is -3.70. The first-order chi connectivity index (χ1) is 12.9. The van der Waals surface area contributed by atoms with Gasteiger partial charge in [0.15, 0.2) is 3.92 Å². The number of rotatable bonds is 3. The maximum absolute atomic E-state index is 13.2. The van der Waals surface area contributed by atoms with Gasteiger partial charge in [0, 0.05) is 48.8 Å².